The van der Waals surface area contributed by atoms with Crippen LogP contribution < -0.4 is 14.8 Å². The maximum Gasteiger partial charge on any atom is 0.226 e. The third kappa shape index (κ3) is 2.94. The van der Waals surface area contributed by atoms with Crippen LogP contribution in [0.1, 0.15) is 17.2 Å². The van der Waals surface area contributed by atoms with Crippen LogP contribution in [0, 0.1) is 0 Å². The number of benzene rings is 2. The Kier molecular flexibility index (Phi) is 4.38. The lowest BCUT2D eigenvalue weighted by atomic mass is 10.0. The van der Waals surface area contributed by atoms with Gasteiger partial charge in [0.15, 0.2) is 11.5 Å². The molecule has 0 unspecified atom stereocenters. The van der Waals surface area contributed by atoms with Gasteiger partial charge in [-0.3, -0.25) is 0 Å². The van der Waals surface area contributed by atoms with Gasteiger partial charge in [0, 0.05) is 15.7 Å². The van der Waals surface area contributed by atoms with Crippen molar-refractivity contribution in [1.82, 2.24) is 14.8 Å². The maximum absolute atomic E-state index is 5.43. The molecular weight excluding hydrogens is 396 g/mol. The summed E-state index contributed by atoms with van der Waals surface area (Å²) in [7, 11) is 3.26. The Bertz CT molecular complexity index is 966. The van der Waals surface area contributed by atoms with Crippen molar-refractivity contribution < 1.29 is 9.47 Å². The molecule has 0 saturated heterocycles. The molecule has 7 heteroatoms. The average Bonchev–Trinajstić information content (AvgIpc) is 3.16. The Balaban J connectivity index is 1.78. The zero-order valence-electron chi connectivity index (χ0n) is 14.3. The zero-order chi connectivity index (χ0) is 18.1. The summed E-state index contributed by atoms with van der Waals surface area (Å²) in [5, 5.41) is 7.71. The van der Waals surface area contributed by atoms with Crippen LogP contribution in [-0.4, -0.2) is 29.0 Å². The fourth-order valence-electron chi connectivity index (χ4n) is 3.00. The van der Waals surface area contributed by atoms with Crippen LogP contribution in [0.25, 0.3) is 5.70 Å². The molecule has 0 fully saturated rings. The summed E-state index contributed by atoms with van der Waals surface area (Å²) in [6, 6.07) is 14.0. The number of nitrogens with zero attached hydrogens (tertiary/aromatic N) is 3. The molecule has 0 aliphatic carbocycles. The van der Waals surface area contributed by atoms with Crippen molar-refractivity contribution >= 4 is 27.6 Å². The largest absolute Gasteiger partial charge is 0.493 e. The van der Waals surface area contributed by atoms with Gasteiger partial charge in [-0.05, 0) is 42.0 Å². The van der Waals surface area contributed by atoms with Gasteiger partial charge in [0.05, 0.1) is 14.2 Å². The van der Waals surface area contributed by atoms with Gasteiger partial charge < -0.3 is 14.8 Å². The van der Waals surface area contributed by atoms with E-state index in [4.69, 9.17) is 9.47 Å². The summed E-state index contributed by atoms with van der Waals surface area (Å²) in [6.07, 6.45) is 3.69. The number of halogens is 1. The number of anilines is 1. The van der Waals surface area contributed by atoms with Crippen LogP contribution in [0.15, 0.2) is 59.3 Å². The second kappa shape index (κ2) is 6.84. The lowest BCUT2D eigenvalue weighted by Gasteiger charge is -2.24. The number of hydrogen-bond acceptors (Lipinski definition) is 5. The third-order valence-corrected chi connectivity index (χ3v) is 4.84. The summed E-state index contributed by atoms with van der Waals surface area (Å²) in [4.78, 5) is 4.34. The fourth-order valence-corrected chi connectivity index (χ4v) is 3.27. The average molecular weight is 413 g/mol. The van der Waals surface area contributed by atoms with E-state index in [-0.39, 0.29) is 6.04 Å². The van der Waals surface area contributed by atoms with Gasteiger partial charge >= 0.3 is 0 Å². The smallest absolute Gasteiger partial charge is 0.226 e. The first-order valence-corrected chi connectivity index (χ1v) is 8.85. The second-order valence-electron chi connectivity index (χ2n) is 5.80. The molecule has 2 aromatic carbocycles. The van der Waals surface area contributed by atoms with E-state index >= 15 is 0 Å². The van der Waals surface area contributed by atoms with Gasteiger partial charge in [-0.15, -0.1) is 0 Å². The lowest BCUT2D eigenvalue weighted by molar-refractivity contribution is 0.355. The minimum atomic E-state index is -0.0510. The Morgan fingerprint density at radius 3 is 2.54 bits per heavy atom. The molecule has 1 aliphatic heterocycles. The summed E-state index contributed by atoms with van der Waals surface area (Å²) in [5.74, 6) is 2.07. The number of hydrogen-bond donors (Lipinski definition) is 1. The van der Waals surface area contributed by atoms with Crippen molar-refractivity contribution in [2.75, 3.05) is 19.5 Å². The highest BCUT2D eigenvalue weighted by atomic mass is 79.9. The number of allylic oxidation sites excluding steroid dienone is 1. The van der Waals surface area contributed by atoms with E-state index in [0.717, 1.165) is 21.3 Å². The molecule has 0 amide bonds. The van der Waals surface area contributed by atoms with E-state index in [1.165, 1.54) is 0 Å². The fraction of sp³-hybridized carbons (Fsp3) is 0.158. The van der Waals surface area contributed by atoms with Crippen molar-refractivity contribution in [2.24, 2.45) is 0 Å². The van der Waals surface area contributed by atoms with Crippen molar-refractivity contribution in [3.8, 4) is 11.5 Å². The first-order valence-electron chi connectivity index (χ1n) is 8.06. The quantitative estimate of drug-likeness (QED) is 0.698. The van der Waals surface area contributed by atoms with Crippen LogP contribution >= 0.6 is 15.9 Å². The number of nitrogens with one attached hydrogen (secondary N) is 1. The predicted molar refractivity (Wildman–Crippen MR) is 103 cm³/mol. The Morgan fingerprint density at radius 2 is 1.81 bits per heavy atom. The normalized spacial score (nSPS) is 15.7. The number of ether oxygens (including phenoxy) is 2. The Morgan fingerprint density at radius 1 is 1.04 bits per heavy atom. The highest BCUT2D eigenvalue weighted by Crippen LogP contribution is 2.35. The van der Waals surface area contributed by atoms with Crippen LogP contribution in [0.5, 0.6) is 11.5 Å². The molecule has 1 aliphatic rings. The molecule has 6 nitrogen and oxygen atoms in total. The number of methoxy groups -OCH3 is 2. The van der Waals surface area contributed by atoms with E-state index in [1.807, 2.05) is 35.0 Å². The molecule has 4 rings (SSSR count). The first-order chi connectivity index (χ1) is 12.7. The van der Waals surface area contributed by atoms with Crippen LogP contribution in [0.3, 0.4) is 0 Å². The highest BCUT2D eigenvalue weighted by Gasteiger charge is 2.23. The first kappa shape index (κ1) is 16.7. The molecule has 26 heavy (non-hydrogen) atoms. The molecular formula is C19H17BrN4O2. The van der Waals surface area contributed by atoms with Crippen molar-refractivity contribution in [1.29, 1.82) is 0 Å². The van der Waals surface area contributed by atoms with E-state index in [0.29, 0.717) is 17.4 Å². The Hall–Kier alpha value is -2.80. The van der Waals surface area contributed by atoms with E-state index in [2.05, 4.69) is 49.5 Å². The van der Waals surface area contributed by atoms with E-state index in [9.17, 15) is 0 Å². The number of rotatable bonds is 4. The molecule has 2 heterocycles. The monoisotopic (exact) mass is 412 g/mol. The van der Waals surface area contributed by atoms with E-state index in [1.54, 1.807) is 20.5 Å². The summed E-state index contributed by atoms with van der Waals surface area (Å²) >= 11 is 3.48. The third-order valence-electron chi connectivity index (χ3n) is 4.31. The van der Waals surface area contributed by atoms with Crippen molar-refractivity contribution in [3.63, 3.8) is 0 Å². The predicted octanol–water partition coefficient (Wildman–Crippen LogP) is 4.11. The molecule has 132 valence electrons. The molecule has 1 atom stereocenters. The van der Waals surface area contributed by atoms with Crippen LogP contribution in [-0.2, 0) is 0 Å². The van der Waals surface area contributed by atoms with Gasteiger partial charge in [-0.2, -0.15) is 10.1 Å². The summed E-state index contributed by atoms with van der Waals surface area (Å²) in [6.45, 7) is 0. The molecule has 0 radical (unpaired) electrons. The Labute approximate surface area is 159 Å². The minimum absolute atomic E-state index is 0.0510. The van der Waals surface area contributed by atoms with E-state index < -0.39 is 0 Å². The number of fused-ring (bicyclic) bond motifs is 1. The SMILES string of the molecule is COc1ccc(C2=C[C@H](c3ccc(Br)cc3)n3ncnc3N2)cc1OC. The van der Waals surface area contributed by atoms with Gasteiger partial charge in [0.2, 0.25) is 5.95 Å². The van der Waals surface area contributed by atoms with Gasteiger partial charge in [0.1, 0.15) is 12.4 Å². The highest BCUT2D eigenvalue weighted by molar-refractivity contribution is 9.10. The molecule has 0 spiro atoms. The maximum atomic E-state index is 5.43. The van der Waals surface area contributed by atoms with Gasteiger partial charge in [0.25, 0.3) is 0 Å². The molecule has 1 aromatic heterocycles. The zero-order valence-corrected chi connectivity index (χ0v) is 15.9. The standard InChI is InChI=1S/C19H17BrN4O2/c1-25-17-8-5-13(9-18(17)26-2)15-10-16(12-3-6-14(20)7-4-12)24-19(23-15)21-11-22-24/h3-11,16H,1-2H3,(H,21,22,23)/t16-/m1/s1. The second-order valence-corrected chi connectivity index (χ2v) is 6.72. The van der Waals surface area contributed by atoms with Gasteiger partial charge in [-0.25, -0.2) is 4.68 Å². The van der Waals surface area contributed by atoms with Crippen molar-refractivity contribution in [2.45, 2.75) is 6.04 Å². The van der Waals surface area contributed by atoms with Crippen LogP contribution in [0.2, 0.25) is 0 Å². The molecule has 1 N–H and O–H groups in total. The van der Waals surface area contributed by atoms with Crippen molar-refractivity contribution in [3.05, 3.63) is 70.5 Å². The molecule has 0 bridgehead atoms. The lowest BCUT2D eigenvalue weighted by Crippen LogP contribution is -2.20. The topological polar surface area (TPSA) is 61.2 Å². The summed E-state index contributed by atoms with van der Waals surface area (Å²) in [5.41, 5.74) is 3.05. The minimum Gasteiger partial charge on any atom is -0.493 e. The van der Waals surface area contributed by atoms with Gasteiger partial charge in [-0.1, -0.05) is 28.1 Å². The molecule has 3 aromatic rings. The number of aromatic nitrogens is 3. The van der Waals surface area contributed by atoms with Crippen LogP contribution in [0.4, 0.5) is 5.95 Å². The molecule has 0 saturated carbocycles. The summed E-state index contributed by atoms with van der Waals surface area (Å²) < 4.78 is 13.7.